The second kappa shape index (κ2) is 6.77. The Morgan fingerprint density at radius 2 is 1.91 bits per heavy atom. The molecule has 5 nitrogen and oxygen atoms in total. The topological polar surface area (TPSA) is 49.3 Å². The van der Waals surface area contributed by atoms with E-state index < -0.39 is 0 Å². The highest BCUT2D eigenvalue weighted by Crippen LogP contribution is 2.30. The number of unbranched alkanes of at least 4 members (excludes halogenated alkanes) is 1. The van der Waals surface area contributed by atoms with Gasteiger partial charge in [0.25, 0.3) is 0 Å². The molecule has 1 aromatic carbocycles. The zero-order valence-electron chi connectivity index (χ0n) is 13.7. The van der Waals surface area contributed by atoms with Crippen LogP contribution in [0.3, 0.4) is 0 Å². The Morgan fingerprint density at radius 1 is 1.13 bits per heavy atom. The number of aromatic nitrogens is 2. The van der Waals surface area contributed by atoms with E-state index in [9.17, 15) is 4.79 Å². The normalized spacial score (nSPS) is 14.6. The number of rotatable bonds is 4. The van der Waals surface area contributed by atoms with Gasteiger partial charge in [0.1, 0.15) is 12.1 Å². The number of benzene rings is 1. The van der Waals surface area contributed by atoms with Gasteiger partial charge in [-0.05, 0) is 6.42 Å². The van der Waals surface area contributed by atoms with Crippen LogP contribution in [0, 0.1) is 0 Å². The molecule has 120 valence electrons. The predicted molar refractivity (Wildman–Crippen MR) is 91.1 cm³/mol. The van der Waals surface area contributed by atoms with Gasteiger partial charge in [0, 0.05) is 24.7 Å². The second-order valence-corrected chi connectivity index (χ2v) is 5.92. The number of likely N-dealkylation sites (N-methyl/N-ethyl adjacent to an activating group) is 1. The molecule has 0 atom stereocenters. The van der Waals surface area contributed by atoms with Gasteiger partial charge in [0.2, 0.25) is 5.91 Å². The minimum atomic E-state index is 0.151. The number of hydrogen-bond acceptors (Lipinski definition) is 4. The van der Waals surface area contributed by atoms with Crippen molar-refractivity contribution in [1.29, 1.82) is 0 Å². The Morgan fingerprint density at radius 3 is 2.65 bits per heavy atom. The van der Waals surface area contributed by atoms with Gasteiger partial charge >= 0.3 is 0 Å². The third-order valence-corrected chi connectivity index (χ3v) is 4.19. The molecule has 3 rings (SSSR count). The lowest BCUT2D eigenvalue weighted by molar-refractivity contribution is -0.130. The van der Waals surface area contributed by atoms with Crippen LogP contribution in [0.1, 0.15) is 25.3 Å². The number of hydrogen-bond donors (Lipinski definition) is 0. The molecule has 0 spiro atoms. The highest BCUT2D eigenvalue weighted by Gasteiger charge is 2.26. The molecule has 0 fully saturated rings. The summed E-state index contributed by atoms with van der Waals surface area (Å²) < 4.78 is 0. The van der Waals surface area contributed by atoms with E-state index in [4.69, 9.17) is 0 Å². The summed E-state index contributed by atoms with van der Waals surface area (Å²) in [5.74, 6) is 1.00. The first-order chi connectivity index (χ1) is 11.2. The summed E-state index contributed by atoms with van der Waals surface area (Å²) in [6, 6.07) is 10.1. The first-order valence-electron chi connectivity index (χ1n) is 8.09. The Labute approximate surface area is 137 Å². The number of carbonyl (C=O) groups is 1. The summed E-state index contributed by atoms with van der Waals surface area (Å²) in [5, 5.41) is 0. The number of carbonyl (C=O) groups excluding carboxylic acids is 1. The zero-order chi connectivity index (χ0) is 16.2. The molecule has 0 aliphatic carbocycles. The van der Waals surface area contributed by atoms with Crippen molar-refractivity contribution in [3.63, 3.8) is 0 Å². The molecule has 0 radical (unpaired) electrons. The molecule has 1 aliphatic heterocycles. The van der Waals surface area contributed by atoms with Gasteiger partial charge in [-0.2, -0.15) is 0 Å². The largest absolute Gasteiger partial charge is 0.350 e. The lowest BCUT2D eigenvalue weighted by Gasteiger charge is -2.21. The van der Waals surface area contributed by atoms with Gasteiger partial charge in [-0.15, -0.1) is 0 Å². The molecule has 0 bridgehead atoms. The van der Waals surface area contributed by atoms with E-state index in [1.807, 2.05) is 47.2 Å². The fourth-order valence-corrected chi connectivity index (χ4v) is 2.93. The molecule has 1 amide bonds. The zero-order valence-corrected chi connectivity index (χ0v) is 13.7. The molecular formula is C18H22N4O. The molecule has 0 unspecified atom stereocenters. The number of nitrogens with zero attached hydrogens (tertiary/aromatic N) is 4. The van der Waals surface area contributed by atoms with Crippen molar-refractivity contribution in [3.05, 3.63) is 42.2 Å². The molecule has 0 saturated heterocycles. The van der Waals surface area contributed by atoms with Crippen molar-refractivity contribution in [1.82, 2.24) is 14.9 Å². The van der Waals surface area contributed by atoms with Gasteiger partial charge in [0.15, 0.2) is 0 Å². The van der Waals surface area contributed by atoms with Crippen LogP contribution in [0.25, 0.3) is 11.3 Å². The van der Waals surface area contributed by atoms with E-state index in [0.717, 1.165) is 42.0 Å². The van der Waals surface area contributed by atoms with Gasteiger partial charge in [-0.25, -0.2) is 9.97 Å². The van der Waals surface area contributed by atoms with E-state index in [1.54, 1.807) is 6.33 Å². The third kappa shape index (κ3) is 3.18. The lowest BCUT2D eigenvalue weighted by Crippen LogP contribution is -2.36. The van der Waals surface area contributed by atoms with Crippen LogP contribution in [-0.4, -0.2) is 40.9 Å². The molecule has 2 heterocycles. The van der Waals surface area contributed by atoms with E-state index in [0.29, 0.717) is 13.1 Å². The average molecular weight is 310 g/mol. The number of anilines is 1. The number of fused-ring (bicyclic) bond motifs is 1. The summed E-state index contributed by atoms with van der Waals surface area (Å²) in [5.41, 5.74) is 3.01. The summed E-state index contributed by atoms with van der Waals surface area (Å²) in [4.78, 5) is 25.3. The summed E-state index contributed by atoms with van der Waals surface area (Å²) >= 11 is 0. The van der Waals surface area contributed by atoms with E-state index in [1.165, 1.54) is 0 Å². The maximum absolute atomic E-state index is 12.5. The SMILES string of the molecule is CCCCN1Cc2c(-c3ccccc3)ncnc2N(C)CC1=O. The fraction of sp³-hybridized carbons (Fsp3) is 0.389. The van der Waals surface area contributed by atoms with Gasteiger partial charge < -0.3 is 9.80 Å². The molecule has 2 aromatic rings. The smallest absolute Gasteiger partial charge is 0.242 e. The van der Waals surface area contributed by atoms with Crippen LogP contribution in [0.2, 0.25) is 0 Å². The predicted octanol–water partition coefficient (Wildman–Crippen LogP) is 2.72. The Hall–Kier alpha value is -2.43. The minimum Gasteiger partial charge on any atom is -0.350 e. The van der Waals surface area contributed by atoms with Crippen LogP contribution in [0.5, 0.6) is 0 Å². The van der Waals surface area contributed by atoms with Crippen molar-refractivity contribution in [2.24, 2.45) is 0 Å². The van der Waals surface area contributed by atoms with Crippen LogP contribution >= 0.6 is 0 Å². The Balaban J connectivity index is 2.04. The minimum absolute atomic E-state index is 0.151. The van der Waals surface area contributed by atoms with E-state index in [-0.39, 0.29) is 5.91 Å². The second-order valence-electron chi connectivity index (χ2n) is 5.92. The summed E-state index contributed by atoms with van der Waals surface area (Å²) in [6.07, 6.45) is 3.67. The molecule has 0 saturated carbocycles. The lowest BCUT2D eigenvalue weighted by atomic mass is 10.1. The van der Waals surface area contributed by atoms with Crippen molar-refractivity contribution < 1.29 is 4.79 Å². The monoisotopic (exact) mass is 310 g/mol. The van der Waals surface area contributed by atoms with Crippen molar-refractivity contribution in [2.45, 2.75) is 26.3 Å². The van der Waals surface area contributed by atoms with Crippen LogP contribution in [0.4, 0.5) is 5.82 Å². The maximum Gasteiger partial charge on any atom is 0.242 e. The Bertz CT molecular complexity index is 687. The maximum atomic E-state index is 12.5. The number of amides is 1. The fourth-order valence-electron chi connectivity index (χ4n) is 2.93. The molecule has 0 N–H and O–H groups in total. The van der Waals surface area contributed by atoms with E-state index in [2.05, 4.69) is 16.9 Å². The van der Waals surface area contributed by atoms with Gasteiger partial charge in [0.05, 0.1) is 18.8 Å². The van der Waals surface area contributed by atoms with Gasteiger partial charge in [-0.3, -0.25) is 4.79 Å². The van der Waals surface area contributed by atoms with Crippen molar-refractivity contribution in [2.75, 3.05) is 25.0 Å². The highest BCUT2D eigenvalue weighted by molar-refractivity contribution is 5.84. The van der Waals surface area contributed by atoms with Crippen molar-refractivity contribution >= 4 is 11.7 Å². The molecule has 5 heteroatoms. The summed E-state index contributed by atoms with van der Waals surface area (Å²) in [7, 11) is 1.92. The third-order valence-electron chi connectivity index (χ3n) is 4.19. The van der Waals surface area contributed by atoms with Gasteiger partial charge in [-0.1, -0.05) is 43.7 Å². The molecule has 1 aromatic heterocycles. The average Bonchev–Trinajstić information content (AvgIpc) is 2.70. The van der Waals surface area contributed by atoms with E-state index >= 15 is 0 Å². The molecule has 1 aliphatic rings. The first kappa shape index (κ1) is 15.5. The van der Waals surface area contributed by atoms with Crippen LogP contribution in [0.15, 0.2) is 36.7 Å². The van der Waals surface area contributed by atoms with Crippen LogP contribution in [-0.2, 0) is 11.3 Å². The molecular weight excluding hydrogens is 288 g/mol. The van der Waals surface area contributed by atoms with Crippen LogP contribution < -0.4 is 4.90 Å². The van der Waals surface area contributed by atoms with Crippen molar-refractivity contribution in [3.8, 4) is 11.3 Å². The summed E-state index contributed by atoms with van der Waals surface area (Å²) in [6.45, 7) is 3.86. The first-order valence-corrected chi connectivity index (χ1v) is 8.09. The highest BCUT2D eigenvalue weighted by atomic mass is 16.2. The Kier molecular flexibility index (Phi) is 4.55. The molecule has 23 heavy (non-hydrogen) atoms. The quantitative estimate of drug-likeness (QED) is 0.871. The standard InChI is InChI=1S/C18H22N4O/c1-3-4-10-22-11-15-17(14-8-6-5-7-9-14)19-13-20-18(15)21(2)12-16(22)23/h5-9,13H,3-4,10-12H2,1-2H3.